The van der Waals surface area contributed by atoms with Crippen LogP contribution in [0.2, 0.25) is 5.22 Å². The number of halogens is 1. The third-order valence-corrected chi connectivity index (χ3v) is 3.53. The third kappa shape index (κ3) is 2.63. The summed E-state index contributed by atoms with van der Waals surface area (Å²) in [6.45, 7) is 1.19. The van der Waals surface area contributed by atoms with Crippen molar-refractivity contribution in [3.63, 3.8) is 0 Å². The topological polar surface area (TPSA) is 55.6 Å². The van der Waals surface area contributed by atoms with E-state index in [9.17, 15) is 4.79 Å². The molecule has 2 aromatic heterocycles. The first-order chi connectivity index (χ1) is 9.74. The molecule has 0 unspecified atom stereocenters. The molecule has 20 heavy (non-hydrogen) atoms. The van der Waals surface area contributed by atoms with Gasteiger partial charge in [-0.2, -0.15) is 0 Å². The molecule has 104 valence electrons. The van der Waals surface area contributed by atoms with Crippen molar-refractivity contribution in [3.8, 4) is 5.75 Å². The fourth-order valence-corrected chi connectivity index (χ4v) is 2.43. The second kappa shape index (κ2) is 5.54. The quantitative estimate of drug-likeness (QED) is 0.872. The van der Waals surface area contributed by atoms with E-state index in [0.717, 1.165) is 12.2 Å². The van der Waals surface area contributed by atoms with Gasteiger partial charge in [0.15, 0.2) is 0 Å². The van der Waals surface area contributed by atoms with Crippen molar-refractivity contribution in [3.05, 3.63) is 47.6 Å². The molecule has 1 fully saturated rings. The van der Waals surface area contributed by atoms with E-state index in [4.69, 9.17) is 20.8 Å². The lowest BCUT2D eigenvalue weighted by molar-refractivity contribution is 0.0772. The molecule has 0 aromatic carbocycles. The average Bonchev–Trinajstić information content (AvgIpc) is 3.08. The van der Waals surface area contributed by atoms with Crippen LogP contribution in [0.4, 0.5) is 0 Å². The molecule has 1 aliphatic rings. The minimum atomic E-state index is -0.121. The zero-order valence-corrected chi connectivity index (χ0v) is 11.4. The highest BCUT2D eigenvalue weighted by atomic mass is 35.5. The predicted octanol–water partition coefficient (Wildman–Crippen LogP) is 2.62. The molecule has 0 N–H and O–H groups in total. The Morgan fingerprint density at radius 1 is 1.40 bits per heavy atom. The Hall–Kier alpha value is -2.01. The predicted molar refractivity (Wildman–Crippen MR) is 72.9 cm³/mol. The highest BCUT2D eigenvalue weighted by Crippen LogP contribution is 2.23. The Labute approximate surface area is 121 Å². The lowest BCUT2D eigenvalue weighted by Crippen LogP contribution is -2.30. The summed E-state index contributed by atoms with van der Waals surface area (Å²) in [6.07, 6.45) is 5.56. The highest BCUT2D eigenvalue weighted by Gasteiger charge is 2.29. The maximum atomic E-state index is 12.2. The van der Waals surface area contributed by atoms with Gasteiger partial charge in [0.25, 0.3) is 5.91 Å². The average molecular weight is 293 g/mol. The summed E-state index contributed by atoms with van der Waals surface area (Å²) in [7, 11) is 0. The number of nitrogens with zero attached hydrogens (tertiary/aromatic N) is 2. The standard InChI is InChI=1S/C14H13ClN2O3/c15-13-12(4-8-19-13)14(18)17-7-3-11(9-17)20-10-1-5-16-6-2-10/h1-2,4-6,8,11H,3,7,9H2/t11-/m1/s1. The summed E-state index contributed by atoms with van der Waals surface area (Å²) in [5, 5.41) is 0.133. The Kier molecular flexibility index (Phi) is 3.60. The lowest BCUT2D eigenvalue weighted by atomic mass is 10.3. The number of furan rings is 1. The van der Waals surface area contributed by atoms with Gasteiger partial charge in [-0.25, -0.2) is 0 Å². The fraction of sp³-hybridized carbons (Fsp3) is 0.286. The number of ether oxygens (including phenoxy) is 1. The van der Waals surface area contributed by atoms with Crippen LogP contribution in [0.25, 0.3) is 0 Å². The molecule has 3 rings (SSSR count). The second-order valence-corrected chi connectivity index (χ2v) is 4.91. The number of likely N-dealkylation sites (tertiary alicyclic amines) is 1. The Balaban J connectivity index is 1.62. The van der Waals surface area contributed by atoms with Gasteiger partial charge < -0.3 is 14.1 Å². The van der Waals surface area contributed by atoms with Gasteiger partial charge in [0, 0.05) is 25.4 Å². The van der Waals surface area contributed by atoms with E-state index in [0.29, 0.717) is 18.7 Å². The number of carbonyl (C=O) groups excluding carboxylic acids is 1. The number of pyridine rings is 1. The minimum Gasteiger partial charge on any atom is -0.488 e. The summed E-state index contributed by atoms with van der Waals surface area (Å²) in [5.41, 5.74) is 0.399. The van der Waals surface area contributed by atoms with E-state index in [1.54, 1.807) is 35.5 Å². The van der Waals surface area contributed by atoms with Crippen LogP contribution < -0.4 is 4.74 Å². The molecule has 3 heterocycles. The van der Waals surface area contributed by atoms with Crippen molar-refractivity contribution >= 4 is 17.5 Å². The van der Waals surface area contributed by atoms with Gasteiger partial charge in [-0.15, -0.1) is 0 Å². The van der Waals surface area contributed by atoms with Crippen molar-refractivity contribution in [2.75, 3.05) is 13.1 Å². The molecule has 0 aliphatic carbocycles. The Morgan fingerprint density at radius 2 is 2.20 bits per heavy atom. The summed E-state index contributed by atoms with van der Waals surface area (Å²) >= 11 is 5.83. The van der Waals surface area contributed by atoms with Crippen molar-refractivity contribution in [1.82, 2.24) is 9.88 Å². The van der Waals surface area contributed by atoms with Crippen LogP contribution in [0.15, 0.2) is 41.3 Å². The van der Waals surface area contributed by atoms with Gasteiger partial charge in [0.2, 0.25) is 5.22 Å². The highest BCUT2D eigenvalue weighted by molar-refractivity contribution is 6.32. The molecular formula is C14H13ClN2O3. The maximum Gasteiger partial charge on any atom is 0.258 e. The van der Waals surface area contributed by atoms with Gasteiger partial charge in [-0.05, 0) is 29.8 Å². The third-order valence-electron chi connectivity index (χ3n) is 3.23. The normalized spacial score (nSPS) is 18.2. The molecule has 5 nitrogen and oxygen atoms in total. The van der Waals surface area contributed by atoms with Crippen molar-refractivity contribution < 1.29 is 13.9 Å². The van der Waals surface area contributed by atoms with E-state index >= 15 is 0 Å². The lowest BCUT2D eigenvalue weighted by Gasteiger charge is -2.16. The second-order valence-electron chi connectivity index (χ2n) is 4.57. The van der Waals surface area contributed by atoms with Crippen molar-refractivity contribution in [2.45, 2.75) is 12.5 Å². The van der Waals surface area contributed by atoms with Gasteiger partial charge in [-0.1, -0.05) is 0 Å². The molecule has 6 heteroatoms. The van der Waals surface area contributed by atoms with Gasteiger partial charge in [-0.3, -0.25) is 9.78 Å². The molecule has 1 amide bonds. The number of aromatic nitrogens is 1. The van der Waals surface area contributed by atoms with Crippen molar-refractivity contribution in [2.24, 2.45) is 0 Å². The Bertz CT molecular complexity index is 599. The molecule has 0 bridgehead atoms. The van der Waals surface area contributed by atoms with Crippen LogP contribution in [0.5, 0.6) is 5.75 Å². The monoisotopic (exact) mass is 292 g/mol. The fourth-order valence-electron chi connectivity index (χ4n) is 2.23. The van der Waals surface area contributed by atoms with Crippen molar-refractivity contribution in [1.29, 1.82) is 0 Å². The van der Waals surface area contributed by atoms with E-state index in [2.05, 4.69) is 4.98 Å². The zero-order valence-electron chi connectivity index (χ0n) is 10.7. The van der Waals surface area contributed by atoms with Crippen LogP contribution in [-0.2, 0) is 0 Å². The van der Waals surface area contributed by atoms with Crippen LogP contribution in [-0.4, -0.2) is 35.0 Å². The summed E-state index contributed by atoms with van der Waals surface area (Å²) in [5.74, 6) is 0.644. The number of carbonyl (C=O) groups is 1. The summed E-state index contributed by atoms with van der Waals surface area (Å²) in [6, 6.07) is 5.19. The largest absolute Gasteiger partial charge is 0.488 e. The smallest absolute Gasteiger partial charge is 0.258 e. The van der Waals surface area contributed by atoms with Gasteiger partial charge in [0.05, 0.1) is 18.4 Å². The van der Waals surface area contributed by atoms with Crippen LogP contribution in [0.1, 0.15) is 16.8 Å². The van der Waals surface area contributed by atoms with Gasteiger partial charge in [0.1, 0.15) is 11.9 Å². The first-order valence-corrected chi connectivity index (χ1v) is 6.71. The van der Waals surface area contributed by atoms with Crippen LogP contribution in [0, 0.1) is 0 Å². The zero-order chi connectivity index (χ0) is 13.9. The number of amides is 1. The Morgan fingerprint density at radius 3 is 2.90 bits per heavy atom. The molecule has 1 atom stereocenters. The first kappa shape index (κ1) is 13.0. The summed E-state index contributed by atoms with van der Waals surface area (Å²) in [4.78, 5) is 17.9. The van der Waals surface area contributed by atoms with Gasteiger partial charge >= 0.3 is 0 Å². The molecule has 2 aromatic rings. The van der Waals surface area contributed by atoms with E-state index in [1.807, 2.05) is 0 Å². The molecule has 1 aliphatic heterocycles. The minimum absolute atomic E-state index is 0.00738. The number of hydrogen-bond donors (Lipinski definition) is 0. The van der Waals surface area contributed by atoms with E-state index in [-0.39, 0.29) is 17.2 Å². The number of hydrogen-bond acceptors (Lipinski definition) is 4. The molecule has 0 radical (unpaired) electrons. The van der Waals surface area contributed by atoms with E-state index < -0.39 is 0 Å². The molecule has 1 saturated heterocycles. The molecule has 0 saturated carbocycles. The first-order valence-electron chi connectivity index (χ1n) is 6.33. The van der Waals surface area contributed by atoms with Crippen LogP contribution >= 0.6 is 11.6 Å². The van der Waals surface area contributed by atoms with Crippen LogP contribution in [0.3, 0.4) is 0 Å². The summed E-state index contributed by atoms with van der Waals surface area (Å²) < 4.78 is 10.8. The van der Waals surface area contributed by atoms with E-state index in [1.165, 1.54) is 6.26 Å². The molecular weight excluding hydrogens is 280 g/mol. The number of rotatable bonds is 3. The SMILES string of the molecule is O=C(c1ccoc1Cl)N1CC[C@@H](Oc2ccncc2)C1. The maximum absolute atomic E-state index is 12.2. The molecule has 0 spiro atoms.